The lowest BCUT2D eigenvalue weighted by molar-refractivity contribution is -0.137. The zero-order valence-electron chi connectivity index (χ0n) is 12.1. The molecule has 0 unspecified atom stereocenters. The first-order valence-electron chi connectivity index (χ1n) is 6.56. The van der Waals surface area contributed by atoms with E-state index in [0.29, 0.717) is 11.1 Å². The third kappa shape index (κ3) is 5.23. The highest BCUT2D eigenvalue weighted by molar-refractivity contribution is 5.99. The molecular weight excluding hydrogens is 288 g/mol. The van der Waals surface area contributed by atoms with Crippen molar-refractivity contribution in [3.63, 3.8) is 0 Å². The van der Waals surface area contributed by atoms with Gasteiger partial charge in [0.05, 0.1) is 6.42 Å². The van der Waals surface area contributed by atoms with Gasteiger partial charge in [-0.1, -0.05) is 12.1 Å². The van der Waals surface area contributed by atoms with Crippen molar-refractivity contribution in [2.45, 2.75) is 19.4 Å². The van der Waals surface area contributed by atoms with Crippen LogP contribution < -0.4 is 16.4 Å². The van der Waals surface area contributed by atoms with Crippen molar-refractivity contribution in [1.82, 2.24) is 10.6 Å². The van der Waals surface area contributed by atoms with Crippen LogP contribution in [0.25, 0.3) is 0 Å². The van der Waals surface area contributed by atoms with Crippen LogP contribution in [0.3, 0.4) is 0 Å². The summed E-state index contributed by atoms with van der Waals surface area (Å²) in [5.41, 5.74) is 6.14. The van der Waals surface area contributed by atoms with Crippen molar-refractivity contribution in [2.75, 3.05) is 6.54 Å². The molecule has 1 aromatic rings. The van der Waals surface area contributed by atoms with Crippen molar-refractivity contribution >= 4 is 23.6 Å². The smallest absolute Gasteiger partial charge is 0.305 e. The molecule has 0 saturated carbocycles. The van der Waals surface area contributed by atoms with Gasteiger partial charge >= 0.3 is 5.97 Å². The number of nitrogens with one attached hydrogen (secondary N) is 3. The Bertz CT molecular complexity index is 583. The van der Waals surface area contributed by atoms with Crippen LogP contribution in [0, 0.1) is 5.41 Å². The molecule has 0 aliphatic carbocycles. The fourth-order valence-corrected chi connectivity index (χ4v) is 1.59. The van der Waals surface area contributed by atoms with Gasteiger partial charge in [0.15, 0.2) is 0 Å². The Kier molecular flexibility index (Phi) is 6.06. The monoisotopic (exact) mass is 306 g/mol. The second-order valence-electron chi connectivity index (χ2n) is 4.62. The molecular formula is C14H18N4O4. The number of carboxylic acid groups (broad SMARTS) is 1. The first kappa shape index (κ1) is 17.2. The topological polar surface area (TPSA) is 145 Å². The van der Waals surface area contributed by atoms with E-state index < -0.39 is 23.8 Å². The molecule has 0 aliphatic heterocycles. The molecule has 0 aromatic heterocycles. The number of rotatable bonds is 7. The van der Waals surface area contributed by atoms with E-state index >= 15 is 0 Å². The molecule has 0 aliphatic rings. The van der Waals surface area contributed by atoms with Crippen LogP contribution in [0.1, 0.15) is 29.3 Å². The summed E-state index contributed by atoms with van der Waals surface area (Å²) in [6.07, 6.45) is -0.182. The van der Waals surface area contributed by atoms with Gasteiger partial charge in [0.2, 0.25) is 5.91 Å². The summed E-state index contributed by atoms with van der Waals surface area (Å²) < 4.78 is 0. The van der Waals surface area contributed by atoms with Crippen molar-refractivity contribution in [2.24, 2.45) is 5.73 Å². The Hall–Kier alpha value is -2.90. The summed E-state index contributed by atoms with van der Waals surface area (Å²) in [5.74, 6) is -2.02. The molecule has 8 heteroatoms. The quantitative estimate of drug-likeness (QED) is 0.346. The number of carbonyl (C=O) groups excluding carboxylic acids is 2. The predicted octanol–water partition coefficient (Wildman–Crippen LogP) is -0.320. The Morgan fingerprint density at radius 2 is 1.77 bits per heavy atom. The van der Waals surface area contributed by atoms with E-state index in [2.05, 4.69) is 10.6 Å². The van der Waals surface area contributed by atoms with Gasteiger partial charge < -0.3 is 21.5 Å². The molecule has 0 fully saturated rings. The van der Waals surface area contributed by atoms with Gasteiger partial charge in [0.1, 0.15) is 11.9 Å². The molecule has 1 atom stereocenters. The largest absolute Gasteiger partial charge is 0.481 e. The molecule has 8 nitrogen and oxygen atoms in total. The fourth-order valence-electron chi connectivity index (χ4n) is 1.59. The van der Waals surface area contributed by atoms with Crippen LogP contribution in [-0.4, -0.2) is 41.3 Å². The number of nitrogens with two attached hydrogens (primary N) is 1. The Balaban J connectivity index is 2.54. The van der Waals surface area contributed by atoms with Crippen molar-refractivity contribution < 1.29 is 19.5 Å². The van der Waals surface area contributed by atoms with E-state index in [4.69, 9.17) is 16.2 Å². The van der Waals surface area contributed by atoms with Crippen molar-refractivity contribution in [1.29, 1.82) is 5.41 Å². The van der Waals surface area contributed by atoms with E-state index in [9.17, 15) is 14.4 Å². The Morgan fingerprint density at radius 3 is 2.27 bits per heavy atom. The van der Waals surface area contributed by atoms with Gasteiger partial charge in [-0.2, -0.15) is 0 Å². The number of aliphatic carboxylic acids is 1. The van der Waals surface area contributed by atoms with E-state index in [1.54, 1.807) is 0 Å². The molecule has 1 rings (SSSR count). The normalized spacial score (nSPS) is 11.3. The van der Waals surface area contributed by atoms with Gasteiger partial charge in [-0.15, -0.1) is 0 Å². The van der Waals surface area contributed by atoms with E-state index in [1.165, 1.54) is 31.2 Å². The predicted molar refractivity (Wildman–Crippen MR) is 79.6 cm³/mol. The van der Waals surface area contributed by atoms with Gasteiger partial charge in [0.25, 0.3) is 5.91 Å². The minimum Gasteiger partial charge on any atom is -0.481 e. The number of hydrogen-bond acceptors (Lipinski definition) is 4. The minimum atomic E-state index is -1.01. The first-order chi connectivity index (χ1) is 10.3. The summed E-state index contributed by atoms with van der Waals surface area (Å²) in [7, 11) is 0. The van der Waals surface area contributed by atoms with Gasteiger partial charge in [-0.25, -0.2) is 0 Å². The SMILES string of the molecule is C[C@H](NC(=O)c1ccc(C(=N)N)cc1)C(=O)NCCC(=O)O. The second kappa shape index (κ2) is 7.77. The van der Waals surface area contributed by atoms with Crippen LogP contribution in [0.4, 0.5) is 0 Å². The molecule has 6 N–H and O–H groups in total. The molecule has 22 heavy (non-hydrogen) atoms. The number of carbonyl (C=O) groups is 3. The second-order valence-corrected chi connectivity index (χ2v) is 4.62. The van der Waals surface area contributed by atoms with Crippen molar-refractivity contribution in [3.05, 3.63) is 35.4 Å². The molecule has 0 bridgehead atoms. The van der Waals surface area contributed by atoms with Crippen LogP contribution >= 0.6 is 0 Å². The fraction of sp³-hybridized carbons (Fsp3) is 0.286. The van der Waals surface area contributed by atoms with E-state index in [1.807, 2.05) is 0 Å². The molecule has 0 saturated heterocycles. The van der Waals surface area contributed by atoms with Crippen LogP contribution in [0.5, 0.6) is 0 Å². The summed E-state index contributed by atoms with van der Waals surface area (Å²) in [5, 5.41) is 20.7. The maximum Gasteiger partial charge on any atom is 0.305 e. The van der Waals surface area contributed by atoms with Crippen molar-refractivity contribution in [3.8, 4) is 0 Å². The van der Waals surface area contributed by atoms with Gasteiger partial charge in [0, 0.05) is 17.7 Å². The summed E-state index contributed by atoms with van der Waals surface area (Å²) >= 11 is 0. The molecule has 118 valence electrons. The number of nitrogen functional groups attached to an aromatic ring is 1. The first-order valence-corrected chi connectivity index (χ1v) is 6.56. The third-order valence-electron chi connectivity index (χ3n) is 2.84. The average Bonchev–Trinajstić information content (AvgIpc) is 2.46. The molecule has 2 amide bonds. The lowest BCUT2D eigenvalue weighted by atomic mass is 10.1. The van der Waals surface area contributed by atoms with Gasteiger partial charge in [-0.3, -0.25) is 19.8 Å². The number of hydrogen-bond donors (Lipinski definition) is 5. The molecule has 0 radical (unpaired) electrons. The highest BCUT2D eigenvalue weighted by atomic mass is 16.4. The maximum absolute atomic E-state index is 12.0. The summed E-state index contributed by atoms with van der Waals surface area (Å²) in [4.78, 5) is 34.0. The number of carboxylic acids is 1. The molecule has 0 spiro atoms. The van der Waals surface area contributed by atoms with E-state index in [0.717, 1.165) is 0 Å². The lowest BCUT2D eigenvalue weighted by Crippen LogP contribution is -2.45. The lowest BCUT2D eigenvalue weighted by Gasteiger charge is -2.14. The standard InChI is InChI=1S/C14H18N4O4/c1-8(13(21)17-7-6-11(19)20)18-14(22)10-4-2-9(3-5-10)12(15)16/h2-5,8H,6-7H2,1H3,(H3,15,16)(H,17,21)(H,18,22)(H,19,20)/t8-/m0/s1. The highest BCUT2D eigenvalue weighted by Crippen LogP contribution is 2.04. The third-order valence-corrected chi connectivity index (χ3v) is 2.84. The zero-order chi connectivity index (χ0) is 16.7. The summed E-state index contributed by atoms with van der Waals surface area (Å²) in [6, 6.07) is 5.28. The highest BCUT2D eigenvalue weighted by Gasteiger charge is 2.16. The number of amides is 2. The number of benzene rings is 1. The maximum atomic E-state index is 12.0. The minimum absolute atomic E-state index is 0.00167. The van der Waals surface area contributed by atoms with Gasteiger partial charge in [-0.05, 0) is 19.1 Å². The van der Waals surface area contributed by atoms with Crippen LogP contribution in [0.15, 0.2) is 24.3 Å². The summed E-state index contributed by atoms with van der Waals surface area (Å²) in [6.45, 7) is 1.50. The van der Waals surface area contributed by atoms with E-state index in [-0.39, 0.29) is 18.8 Å². The average molecular weight is 306 g/mol. The molecule has 1 aromatic carbocycles. The molecule has 0 heterocycles. The Morgan fingerprint density at radius 1 is 1.23 bits per heavy atom. The van der Waals surface area contributed by atoms with Crippen LogP contribution in [-0.2, 0) is 9.59 Å². The number of amidine groups is 1. The zero-order valence-corrected chi connectivity index (χ0v) is 12.1. The Labute approximate surface area is 127 Å². The van der Waals surface area contributed by atoms with Crippen LogP contribution in [0.2, 0.25) is 0 Å².